The molecule has 0 saturated heterocycles. The average molecular weight is 245 g/mol. The van der Waals surface area contributed by atoms with Crippen LogP contribution in [0.15, 0.2) is 0 Å². The molecule has 0 heterocycles. The third kappa shape index (κ3) is 1.16. The van der Waals surface area contributed by atoms with Crippen LogP contribution in [0.2, 0.25) is 0 Å². The monoisotopic (exact) mass is 245 g/mol. The van der Waals surface area contributed by atoms with Crippen LogP contribution < -0.4 is 5.73 Å². The largest absolute Gasteiger partial charge is 0.481 e. The molecule has 0 radical (unpaired) electrons. The fourth-order valence-corrected chi connectivity index (χ4v) is 4.88. The average Bonchev–Trinajstić information content (AvgIpc) is 2.46. The Morgan fingerprint density at radius 3 is 2.65 bits per heavy atom. The Labute approximate surface area is 98.4 Å². The van der Waals surface area contributed by atoms with E-state index in [4.69, 9.17) is 10.8 Å². The zero-order valence-electron chi connectivity index (χ0n) is 9.53. The number of nitrogens with two attached hydrogens (primary N) is 1. The highest BCUT2D eigenvalue weighted by Crippen LogP contribution is 2.74. The smallest absolute Gasteiger partial charge is 0.303 e. The second-order valence-corrected chi connectivity index (χ2v) is 5.93. The Hall–Kier alpha value is -0.710. The first-order valence-corrected chi connectivity index (χ1v) is 6.23. The van der Waals surface area contributed by atoms with Gasteiger partial charge in [-0.05, 0) is 43.1 Å². The SMILES string of the molecule is NC[C@@]1(CC(=O)O)[C@@H]2C[C@@H]3CC[C@H]1[C@H]2C3(F)F. The van der Waals surface area contributed by atoms with Crippen molar-refractivity contribution in [1.82, 2.24) is 0 Å². The highest BCUT2D eigenvalue weighted by molar-refractivity contribution is 5.68. The number of carboxylic acid groups (broad SMARTS) is 1. The van der Waals surface area contributed by atoms with E-state index in [-0.39, 0.29) is 24.8 Å². The van der Waals surface area contributed by atoms with Gasteiger partial charge in [-0.25, -0.2) is 8.78 Å². The maximum absolute atomic E-state index is 14.0. The van der Waals surface area contributed by atoms with Gasteiger partial charge in [0.05, 0.1) is 6.42 Å². The van der Waals surface area contributed by atoms with Crippen LogP contribution in [0.3, 0.4) is 0 Å². The molecule has 5 heteroatoms. The van der Waals surface area contributed by atoms with E-state index in [0.29, 0.717) is 12.8 Å². The molecule has 0 aliphatic heterocycles. The lowest BCUT2D eigenvalue weighted by Gasteiger charge is -2.60. The maximum Gasteiger partial charge on any atom is 0.303 e. The predicted molar refractivity (Wildman–Crippen MR) is 56.5 cm³/mol. The third-order valence-corrected chi connectivity index (χ3v) is 5.56. The summed E-state index contributed by atoms with van der Waals surface area (Å²) in [6.45, 7) is 0.230. The summed E-state index contributed by atoms with van der Waals surface area (Å²) in [7, 11) is 0. The van der Waals surface area contributed by atoms with Gasteiger partial charge in [-0.15, -0.1) is 0 Å². The molecular weight excluding hydrogens is 228 g/mol. The van der Waals surface area contributed by atoms with E-state index >= 15 is 0 Å². The summed E-state index contributed by atoms with van der Waals surface area (Å²) >= 11 is 0. The van der Waals surface area contributed by atoms with Crippen molar-refractivity contribution in [2.45, 2.75) is 31.6 Å². The van der Waals surface area contributed by atoms with Crippen LogP contribution in [0.4, 0.5) is 8.78 Å². The Balaban J connectivity index is 1.94. The fourth-order valence-electron chi connectivity index (χ4n) is 4.88. The molecule has 0 spiro atoms. The molecule has 17 heavy (non-hydrogen) atoms. The van der Waals surface area contributed by atoms with Crippen LogP contribution in [0.25, 0.3) is 0 Å². The zero-order chi connectivity index (χ0) is 12.4. The van der Waals surface area contributed by atoms with Gasteiger partial charge in [-0.1, -0.05) is 0 Å². The maximum atomic E-state index is 14.0. The van der Waals surface area contributed by atoms with Crippen molar-refractivity contribution in [3.63, 3.8) is 0 Å². The predicted octanol–water partition coefficient (Wildman–Crippen LogP) is 1.72. The Kier molecular flexibility index (Phi) is 2.14. The number of hydrogen-bond acceptors (Lipinski definition) is 2. The summed E-state index contributed by atoms with van der Waals surface area (Å²) in [5.41, 5.74) is 5.19. The van der Waals surface area contributed by atoms with Crippen molar-refractivity contribution in [1.29, 1.82) is 0 Å². The van der Waals surface area contributed by atoms with Crippen molar-refractivity contribution in [3.05, 3.63) is 0 Å². The molecule has 3 saturated carbocycles. The molecular formula is C12H17F2NO2. The van der Waals surface area contributed by atoms with Crippen LogP contribution in [0.1, 0.15) is 25.7 Å². The van der Waals surface area contributed by atoms with E-state index in [9.17, 15) is 13.6 Å². The Bertz CT molecular complexity index is 366. The van der Waals surface area contributed by atoms with Crippen molar-refractivity contribution in [2.24, 2.45) is 34.8 Å². The molecule has 96 valence electrons. The lowest BCUT2D eigenvalue weighted by atomic mass is 9.44. The highest BCUT2D eigenvalue weighted by Gasteiger charge is 2.76. The summed E-state index contributed by atoms with van der Waals surface area (Å²) in [4.78, 5) is 10.9. The molecule has 3 aliphatic carbocycles. The number of carboxylic acids is 1. The minimum absolute atomic E-state index is 0.0435. The summed E-state index contributed by atoms with van der Waals surface area (Å²) < 4.78 is 27.9. The minimum atomic E-state index is -2.58. The van der Waals surface area contributed by atoms with E-state index in [2.05, 4.69) is 0 Å². The molecule has 3 nitrogen and oxygen atoms in total. The molecule has 0 unspecified atom stereocenters. The molecule has 0 aromatic carbocycles. The minimum Gasteiger partial charge on any atom is -0.481 e. The second kappa shape index (κ2) is 3.19. The number of alkyl halides is 2. The normalized spacial score (nSPS) is 49.8. The summed E-state index contributed by atoms with van der Waals surface area (Å²) in [6.07, 6.45) is 1.69. The van der Waals surface area contributed by atoms with Crippen molar-refractivity contribution >= 4 is 5.97 Å². The second-order valence-electron chi connectivity index (χ2n) is 5.93. The standard InChI is InChI=1S/C12H17F2NO2/c13-12(14)6-1-2-7-10(12)8(3-6)11(7,5-15)4-9(16)17/h6-8,10H,1-5,15H2,(H,16,17)/t6-,7-,8+,10+,11+/m0/s1. The summed E-state index contributed by atoms with van der Waals surface area (Å²) in [5, 5.41) is 8.98. The molecule has 3 rings (SSSR count). The van der Waals surface area contributed by atoms with Gasteiger partial charge in [0.1, 0.15) is 0 Å². The lowest BCUT2D eigenvalue weighted by Crippen LogP contribution is -2.63. The van der Waals surface area contributed by atoms with E-state index in [1.165, 1.54) is 0 Å². The van der Waals surface area contributed by atoms with Crippen molar-refractivity contribution < 1.29 is 18.7 Å². The van der Waals surface area contributed by atoms with Gasteiger partial charge in [-0.2, -0.15) is 0 Å². The molecule has 0 amide bonds. The first-order chi connectivity index (χ1) is 7.93. The van der Waals surface area contributed by atoms with Gasteiger partial charge < -0.3 is 10.8 Å². The van der Waals surface area contributed by atoms with E-state index in [0.717, 1.165) is 6.42 Å². The molecule has 3 N–H and O–H groups in total. The van der Waals surface area contributed by atoms with Gasteiger partial charge in [-0.3, -0.25) is 4.79 Å². The van der Waals surface area contributed by atoms with Gasteiger partial charge in [0.2, 0.25) is 0 Å². The topological polar surface area (TPSA) is 63.3 Å². The van der Waals surface area contributed by atoms with Crippen LogP contribution >= 0.6 is 0 Å². The van der Waals surface area contributed by atoms with Gasteiger partial charge >= 0.3 is 5.97 Å². The number of carbonyl (C=O) groups is 1. The quantitative estimate of drug-likeness (QED) is 0.795. The highest BCUT2D eigenvalue weighted by atomic mass is 19.3. The van der Waals surface area contributed by atoms with E-state index < -0.39 is 29.1 Å². The number of halogens is 2. The van der Waals surface area contributed by atoms with Gasteiger partial charge in [0.15, 0.2) is 0 Å². The van der Waals surface area contributed by atoms with Crippen molar-refractivity contribution in [3.8, 4) is 0 Å². The first kappa shape index (κ1) is 11.4. The summed E-state index contributed by atoms with van der Waals surface area (Å²) in [5.74, 6) is -4.96. The van der Waals surface area contributed by atoms with Crippen LogP contribution in [0, 0.1) is 29.1 Å². The lowest BCUT2D eigenvalue weighted by molar-refractivity contribution is -0.221. The van der Waals surface area contributed by atoms with Crippen LogP contribution in [-0.2, 0) is 4.79 Å². The summed E-state index contributed by atoms with van der Waals surface area (Å²) in [6, 6.07) is 0. The molecule has 2 bridgehead atoms. The van der Waals surface area contributed by atoms with Gasteiger partial charge in [0, 0.05) is 11.8 Å². The van der Waals surface area contributed by atoms with Crippen molar-refractivity contribution in [2.75, 3.05) is 6.54 Å². The molecule has 3 aliphatic rings. The Morgan fingerprint density at radius 2 is 2.06 bits per heavy atom. The first-order valence-electron chi connectivity index (χ1n) is 6.23. The zero-order valence-corrected chi connectivity index (χ0v) is 9.53. The molecule has 0 aromatic rings. The van der Waals surface area contributed by atoms with E-state index in [1.54, 1.807) is 0 Å². The van der Waals surface area contributed by atoms with Crippen LogP contribution in [0.5, 0.6) is 0 Å². The number of aliphatic carboxylic acids is 1. The third-order valence-electron chi connectivity index (χ3n) is 5.56. The van der Waals surface area contributed by atoms with Crippen LogP contribution in [-0.4, -0.2) is 23.5 Å². The fraction of sp³-hybridized carbons (Fsp3) is 0.917. The molecule has 3 fully saturated rings. The van der Waals surface area contributed by atoms with Gasteiger partial charge in [0.25, 0.3) is 5.92 Å². The Morgan fingerprint density at radius 1 is 1.35 bits per heavy atom. The van der Waals surface area contributed by atoms with E-state index in [1.807, 2.05) is 0 Å². The molecule has 0 aromatic heterocycles. The number of fused-ring (bicyclic) bond motifs is 1. The number of hydrogen-bond donors (Lipinski definition) is 2. The number of rotatable bonds is 3. The molecule has 5 atom stereocenters.